The lowest BCUT2D eigenvalue weighted by Gasteiger charge is -2.13. The molecule has 0 aromatic carbocycles. The highest BCUT2D eigenvalue weighted by molar-refractivity contribution is 4.74. The van der Waals surface area contributed by atoms with Gasteiger partial charge in [-0.3, -0.25) is 0 Å². The first-order chi connectivity index (χ1) is 5.71. The van der Waals surface area contributed by atoms with Gasteiger partial charge in [0.05, 0.1) is 0 Å². The molecule has 0 N–H and O–H groups in total. The van der Waals surface area contributed by atoms with Crippen molar-refractivity contribution in [2.75, 3.05) is 0 Å². The first-order valence-corrected chi connectivity index (χ1v) is 5.71. The van der Waals surface area contributed by atoms with Crippen LogP contribution in [0.5, 0.6) is 0 Å². The van der Waals surface area contributed by atoms with Crippen LogP contribution in [0, 0.1) is 5.41 Å². The Morgan fingerprint density at radius 2 is 0.917 bits per heavy atom. The predicted molar refractivity (Wildman–Crippen MR) is 55.3 cm³/mol. The van der Waals surface area contributed by atoms with Crippen LogP contribution in [0.3, 0.4) is 0 Å². The molecular formula is C12H24. The summed E-state index contributed by atoms with van der Waals surface area (Å²) in [5, 5.41) is 0. The summed E-state index contributed by atoms with van der Waals surface area (Å²) < 4.78 is 0. The van der Waals surface area contributed by atoms with E-state index < -0.39 is 0 Å². The molecule has 2 aliphatic rings. The third-order valence-electron chi connectivity index (χ3n) is 3.21. The van der Waals surface area contributed by atoms with Gasteiger partial charge in [-0.1, -0.05) is 58.8 Å². The van der Waals surface area contributed by atoms with Gasteiger partial charge in [-0.15, -0.1) is 0 Å². The van der Waals surface area contributed by atoms with Crippen molar-refractivity contribution >= 4 is 0 Å². The van der Waals surface area contributed by atoms with Gasteiger partial charge in [-0.2, -0.15) is 0 Å². The standard InChI is InChI=1S/C7H14.C5H10/c1-7(2)5-3-4-6-7;1-2-4-5-3-1/h3-6H2,1-2H3;1-5H2. The van der Waals surface area contributed by atoms with Crippen molar-refractivity contribution in [3.05, 3.63) is 0 Å². The van der Waals surface area contributed by atoms with E-state index >= 15 is 0 Å². The van der Waals surface area contributed by atoms with Crippen LogP contribution >= 0.6 is 0 Å². The first kappa shape index (κ1) is 10.1. The fourth-order valence-corrected chi connectivity index (χ4v) is 2.22. The highest BCUT2D eigenvalue weighted by Gasteiger charge is 2.21. The summed E-state index contributed by atoms with van der Waals surface area (Å²) >= 11 is 0. The third kappa shape index (κ3) is 4.13. The Morgan fingerprint density at radius 1 is 0.583 bits per heavy atom. The van der Waals surface area contributed by atoms with Crippen LogP contribution in [0.2, 0.25) is 0 Å². The summed E-state index contributed by atoms with van der Waals surface area (Å²) in [6.45, 7) is 4.72. The molecule has 0 spiro atoms. The van der Waals surface area contributed by atoms with E-state index in [1.807, 2.05) is 0 Å². The van der Waals surface area contributed by atoms with Gasteiger partial charge >= 0.3 is 0 Å². The van der Waals surface area contributed by atoms with E-state index in [0.717, 1.165) is 0 Å². The normalized spacial score (nSPS) is 26.5. The van der Waals surface area contributed by atoms with E-state index in [1.165, 1.54) is 57.8 Å². The maximum Gasteiger partial charge on any atom is -0.0354 e. The van der Waals surface area contributed by atoms with Crippen molar-refractivity contribution in [1.29, 1.82) is 0 Å². The van der Waals surface area contributed by atoms with E-state index in [0.29, 0.717) is 5.41 Å². The lowest BCUT2D eigenvalue weighted by molar-refractivity contribution is 0.382. The van der Waals surface area contributed by atoms with Crippen LogP contribution in [0.25, 0.3) is 0 Å². The zero-order valence-corrected chi connectivity index (χ0v) is 8.86. The van der Waals surface area contributed by atoms with E-state index in [-0.39, 0.29) is 0 Å². The molecule has 2 rings (SSSR count). The monoisotopic (exact) mass is 168 g/mol. The molecule has 0 aliphatic heterocycles. The Hall–Kier alpha value is 0. The molecule has 0 saturated heterocycles. The Bertz CT molecular complexity index is 93.6. The molecule has 0 aromatic rings. The van der Waals surface area contributed by atoms with Gasteiger partial charge in [0.2, 0.25) is 0 Å². The summed E-state index contributed by atoms with van der Waals surface area (Å²) in [7, 11) is 0. The topological polar surface area (TPSA) is 0 Å². The average Bonchev–Trinajstić information content (AvgIpc) is 2.60. The van der Waals surface area contributed by atoms with Crippen LogP contribution in [0.1, 0.15) is 71.6 Å². The molecule has 72 valence electrons. The largest absolute Gasteiger partial charge is 0.0599 e. The molecule has 0 aromatic heterocycles. The molecule has 0 radical (unpaired) electrons. The van der Waals surface area contributed by atoms with Crippen molar-refractivity contribution in [2.24, 2.45) is 5.41 Å². The molecule has 2 fully saturated rings. The Labute approximate surface area is 77.7 Å². The second kappa shape index (κ2) is 4.89. The molecule has 0 heterocycles. The van der Waals surface area contributed by atoms with Gasteiger partial charge in [0.15, 0.2) is 0 Å². The fourth-order valence-electron chi connectivity index (χ4n) is 2.22. The van der Waals surface area contributed by atoms with E-state index in [2.05, 4.69) is 13.8 Å². The van der Waals surface area contributed by atoms with Crippen molar-refractivity contribution in [2.45, 2.75) is 71.6 Å². The highest BCUT2D eigenvalue weighted by Crippen LogP contribution is 2.36. The zero-order valence-electron chi connectivity index (χ0n) is 8.86. The number of hydrogen-bond acceptors (Lipinski definition) is 0. The molecule has 2 saturated carbocycles. The number of hydrogen-bond donors (Lipinski definition) is 0. The molecule has 12 heavy (non-hydrogen) atoms. The summed E-state index contributed by atoms with van der Waals surface area (Å²) in [5.41, 5.74) is 0.694. The average molecular weight is 168 g/mol. The van der Waals surface area contributed by atoms with Crippen molar-refractivity contribution in [3.8, 4) is 0 Å². The summed E-state index contributed by atoms with van der Waals surface area (Å²) in [5.74, 6) is 0. The van der Waals surface area contributed by atoms with Crippen LogP contribution in [-0.2, 0) is 0 Å². The Kier molecular flexibility index (Phi) is 4.11. The first-order valence-electron chi connectivity index (χ1n) is 5.71. The summed E-state index contributed by atoms with van der Waals surface area (Å²) in [4.78, 5) is 0. The second-order valence-corrected chi connectivity index (χ2v) is 5.14. The lowest BCUT2D eigenvalue weighted by atomic mass is 9.92. The van der Waals surface area contributed by atoms with Gasteiger partial charge in [-0.25, -0.2) is 0 Å². The van der Waals surface area contributed by atoms with Crippen molar-refractivity contribution < 1.29 is 0 Å². The Balaban J connectivity index is 0.000000127. The van der Waals surface area contributed by atoms with Gasteiger partial charge in [0, 0.05) is 0 Å². The third-order valence-corrected chi connectivity index (χ3v) is 3.21. The summed E-state index contributed by atoms with van der Waals surface area (Å²) in [6.07, 6.45) is 13.3. The van der Waals surface area contributed by atoms with E-state index in [1.54, 1.807) is 0 Å². The highest BCUT2D eigenvalue weighted by atomic mass is 14.3. The quantitative estimate of drug-likeness (QED) is 0.498. The fraction of sp³-hybridized carbons (Fsp3) is 1.00. The molecular weight excluding hydrogens is 144 g/mol. The zero-order chi connectivity index (χ0) is 8.86. The minimum atomic E-state index is 0.694. The predicted octanol–water partition coefficient (Wildman–Crippen LogP) is 4.54. The number of rotatable bonds is 0. The molecule has 0 heteroatoms. The van der Waals surface area contributed by atoms with Gasteiger partial charge in [0.1, 0.15) is 0 Å². The molecule has 0 unspecified atom stereocenters. The van der Waals surface area contributed by atoms with Gasteiger partial charge in [0.25, 0.3) is 0 Å². The van der Waals surface area contributed by atoms with Crippen molar-refractivity contribution in [1.82, 2.24) is 0 Å². The van der Waals surface area contributed by atoms with Crippen molar-refractivity contribution in [3.63, 3.8) is 0 Å². The van der Waals surface area contributed by atoms with Gasteiger partial charge < -0.3 is 0 Å². The minimum absolute atomic E-state index is 0.694. The summed E-state index contributed by atoms with van der Waals surface area (Å²) in [6, 6.07) is 0. The van der Waals surface area contributed by atoms with Crippen LogP contribution in [0.15, 0.2) is 0 Å². The molecule has 0 atom stereocenters. The van der Waals surface area contributed by atoms with E-state index in [9.17, 15) is 0 Å². The molecule has 2 aliphatic carbocycles. The Morgan fingerprint density at radius 3 is 1.08 bits per heavy atom. The van der Waals surface area contributed by atoms with E-state index in [4.69, 9.17) is 0 Å². The van der Waals surface area contributed by atoms with Gasteiger partial charge in [-0.05, 0) is 18.3 Å². The minimum Gasteiger partial charge on any atom is -0.0599 e. The molecule has 0 nitrogen and oxygen atoms in total. The molecule has 0 bridgehead atoms. The second-order valence-electron chi connectivity index (χ2n) is 5.14. The van der Waals surface area contributed by atoms with Crippen LogP contribution in [-0.4, -0.2) is 0 Å². The van der Waals surface area contributed by atoms with Crippen LogP contribution in [0.4, 0.5) is 0 Å². The smallest absolute Gasteiger partial charge is 0.0354 e. The maximum atomic E-state index is 2.36. The lowest BCUT2D eigenvalue weighted by Crippen LogP contribution is -2.01. The maximum absolute atomic E-state index is 2.36. The van der Waals surface area contributed by atoms with Crippen LogP contribution < -0.4 is 0 Å². The SMILES string of the molecule is C1CCCC1.CC1(C)CCCC1. The molecule has 0 amide bonds.